The summed E-state index contributed by atoms with van der Waals surface area (Å²) < 4.78 is 2.01. The van der Waals surface area contributed by atoms with Gasteiger partial charge in [0.25, 0.3) is 0 Å². The Hall–Kier alpha value is -2.76. The van der Waals surface area contributed by atoms with E-state index in [-0.39, 0.29) is 0 Å². The summed E-state index contributed by atoms with van der Waals surface area (Å²) in [5, 5.41) is 4.86. The maximum atomic E-state index is 4.99. The monoisotopic (exact) mass is 402 g/mol. The molecule has 30 heavy (non-hydrogen) atoms. The van der Waals surface area contributed by atoms with Gasteiger partial charge in [-0.3, -0.25) is 0 Å². The number of nitrogens with zero attached hydrogens (tertiary/aromatic N) is 6. The third-order valence-corrected chi connectivity index (χ3v) is 6.45. The van der Waals surface area contributed by atoms with Gasteiger partial charge in [0.1, 0.15) is 12.1 Å². The van der Waals surface area contributed by atoms with E-state index in [0.717, 1.165) is 61.8 Å². The van der Waals surface area contributed by atoms with Crippen LogP contribution in [0.1, 0.15) is 61.2 Å². The number of hydrogen-bond donors (Lipinski definition) is 0. The average molecular weight is 403 g/mol. The zero-order chi connectivity index (χ0) is 20.5. The lowest BCUT2D eigenvalue weighted by Crippen LogP contribution is -2.35. The predicted molar refractivity (Wildman–Crippen MR) is 120 cm³/mol. The number of pyridine rings is 1. The average Bonchev–Trinajstić information content (AvgIpc) is 3.16. The lowest BCUT2D eigenvalue weighted by atomic mass is 9.93. The second-order valence-electron chi connectivity index (χ2n) is 8.85. The fraction of sp³-hybridized carbons (Fsp3) is 0.500. The molecule has 2 aliphatic rings. The van der Waals surface area contributed by atoms with Gasteiger partial charge in [-0.05, 0) is 75.5 Å². The van der Waals surface area contributed by atoms with Crippen LogP contribution >= 0.6 is 0 Å². The molecule has 0 bridgehead atoms. The Labute approximate surface area is 178 Å². The molecule has 1 aliphatic heterocycles. The van der Waals surface area contributed by atoms with Crippen molar-refractivity contribution in [3.63, 3.8) is 0 Å². The van der Waals surface area contributed by atoms with Crippen LogP contribution in [-0.4, -0.2) is 37.7 Å². The Bertz CT molecular complexity index is 1070. The van der Waals surface area contributed by atoms with Crippen molar-refractivity contribution in [2.24, 2.45) is 5.92 Å². The van der Waals surface area contributed by atoms with Crippen LogP contribution in [0, 0.1) is 19.8 Å². The van der Waals surface area contributed by atoms with Crippen LogP contribution < -0.4 is 4.90 Å². The number of allylic oxidation sites excluding steroid dienone is 2. The molecule has 1 saturated heterocycles. The van der Waals surface area contributed by atoms with E-state index in [1.807, 2.05) is 11.4 Å². The first kappa shape index (κ1) is 19.2. The number of anilines is 1. The minimum atomic E-state index is 0.625. The molecule has 0 unspecified atom stereocenters. The molecule has 156 valence electrons. The third-order valence-electron chi connectivity index (χ3n) is 6.45. The van der Waals surface area contributed by atoms with E-state index in [1.165, 1.54) is 36.0 Å². The van der Waals surface area contributed by atoms with Gasteiger partial charge in [-0.1, -0.05) is 6.08 Å². The summed E-state index contributed by atoms with van der Waals surface area (Å²) in [5.74, 6) is 2.65. The molecule has 0 radical (unpaired) electrons. The zero-order valence-electron chi connectivity index (χ0n) is 18.0. The fourth-order valence-corrected chi connectivity index (χ4v) is 4.81. The van der Waals surface area contributed by atoms with E-state index in [2.05, 4.69) is 46.2 Å². The van der Waals surface area contributed by atoms with Crippen molar-refractivity contribution in [1.29, 1.82) is 0 Å². The molecule has 6 nitrogen and oxygen atoms in total. The maximum Gasteiger partial charge on any atom is 0.163 e. The van der Waals surface area contributed by atoms with Crippen LogP contribution in [-0.2, 0) is 6.42 Å². The number of rotatable bonds is 4. The molecule has 0 saturated carbocycles. The Morgan fingerprint density at radius 1 is 1.07 bits per heavy atom. The highest BCUT2D eigenvalue weighted by atomic mass is 15.3. The van der Waals surface area contributed by atoms with E-state index in [0.29, 0.717) is 5.92 Å². The smallest absolute Gasteiger partial charge is 0.163 e. The number of aryl methyl sites for hydroxylation is 2. The standard InChI is InChI=1S/C24H30N6/c1-17-12-21(20-6-4-3-5-7-20)24-27-22(28-30(24)15-17)14-19-8-10-29(11-9-19)23-13-18(2)25-16-26-23/h6,12-13,15-16,19H,3-5,7-11,14H2,1-2H3. The molecule has 1 aliphatic carbocycles. The Morgan fingerprint density at radius 2 is 1.93 bits per heavy atom. The van der Waals surface area contributed by atoms with Gasteiger partial charge in [0, 0.05) is 43.0 Å². The maximum absolute atomic E-state index is 4.99. The zero-order valence-corrected chi connectivity index (χ0v) is 18.0. The van der Waals surface area contributed by atoms with Crippen molar-refractivity contribution in [2.75, 3.05) is 18.0 Å². The van der Waals surface area contributed by atoms with Crippen molar-refractivity contribution in [3.05, 3.63) is 53.4 Å². The van der Waals surface area contributed by atoms with Crippen molar-refractivity contribution < 1.29 is 0 Å². The summed E-state index contributed by atoms with van der Waals surface area (Å²) >= 11 is 0. The van der Waals surface area contributed by atoms with Crippen LogP contribution in [0.4, 0.5) is 5.82 Å². The second-order valence-corrected chi connectivity index (χ2v) is 8.85. The van der Waals surface area contributed by atoms with Gasteiger partial charge in [0.15, 0.2) is 11.5 Å². The van der Waals surface area contributed by atoms with E-state index in [1.54, 1.807) is 6.33 Å². The molecule has 0 spiro atoms. The molecular weight excluding hydrogens is 372 g/mol. The minimum absolute atomic E-state index is 0.625. The molecule has 1 fully saturated rings. The highest BCUT2D eigenvalue weighted by Gasteiger charge is 2.23. The lowest BCUT2D eigenvalue weighted by molar-refractivity contribution is 0.395. The van der Waals surface area contributed by atoms with Crippen LogP contribution in [0.2, 0.25) is 0 Å². The second kappa shape index (κ2) is 8.17. The number of fused-ring (bicyclic) bond motifs is 1. The molecule has 3 aromatic heterocycles. The summed E-state index contributed by atoms with van der Waals surface area (Å²) in [4.78, 5) is 16.0. The van der Waals surface area contributed by atoms with E-state index in [9.17, 15) is 0 Å². The SMILES string of the molecule is Cc1cc(C2=CCCCC2)c2nc(CC3CCN(c4cc(C)ncn4)CC3)nn2c1. The molecule has 0 amide bonds. The lowest BCUT2D eigenvalue weighted by Gasteiger charge is -2.32. The van der Waals surface area contributed by atoms with Crippen molar-refractivity contribution in [2.45, 2.75) is 58.8 Å². The first-order valence-electron chi connectivity index (χ1n) is 11.2. The third kappa shape index (κ3) is 3.95. The largest absolute Gasteiger partial charge is 0.356 e. The summed E-state index contributed by atoms with van der Waals surface area (Å²) in [6.07, 6.45) is 14.3. The van der Waals surface area contributed by atoms with E-state index >= 15 is 0 Å². The number of hydrogen-bond acceptors (Lipinski definition) is 5. The minimum Gasteiger partial charge on any atom is -0.356 e. The molecule has 6 heteroatoms. The van der Waals surface area contributed by atoms with Gasteiger partial charge >= 0.3 is 0 Å². The molecule has 5 rings (SSSR count). The fourth-order valence-electron chi connectivity index (χ4n) is 4.81. The Kier molecular flexibility index (Phi) is 5.23. The van der Waals surface area contributed by atoms with Crippen LogP contribution in [0.5, 0.6) is 0 Å². The van der Waals surface area contributed by atoms with Gasteiger partial charge in [-0.15, -0.1) is 0 Å². The van der Waals surface area contributed by atoms with Crippen molar-refractivity contribution in [1.82, 2.24) is 24.6 Å². The molecular formula is C24H30N6. The van der Waals surface area contributed by atoms with Gasteiger partial charge in [0.05, 0.1) is 0 Å². The molecule has 4 heterocycles. The summed E-state index contributed by atoms with van der Waals surface area (Å²) in [6.45, 7) is 6.24. The summed E-state index contributed by atoms with van der Waals surface area (Å²) in [5.41, 5.74) is 6.02. The van der Waals surface area contributed by atoms with Crippen molar-refractivity contribution in [3.8, 4) is 0 Å². The first-order valence-corrected chi connectivity index (χ1v) is 11.2. The molecule has 0 atom stereocenters. The number of piperidine rings is 1. The molecule has 0 N–H and O–H groups in total. The van der Waals surface area contributed by atoms with Gasteiger partial charge in [0.2, 0.25) is 0 Å². The van der Waals surface area contributed by atoms with Crippen LogP contribution in [0.3, 0.4) is 0 Å². The van der Waals surface area contributed by atoms with Crippen molar-refractivity contribution >= 4 is 17.0 Å². The van der Waals surface area contributed by atoms with Crippen LogP contribution in [0.25, 0.3) is 11.2 Å². The van der Waals surface area contributed by atoms with Gasteiger partial charge < -0.3 is 4.90 Å². The topological polar surface area (TPSA) is 59.2 Å². The molecule has 3 aromatic rings. The first-order chi connectivity index (χ1) is 14.7. The highest BCUT2D eigenvalue weighted by Crippen LogP contribution is 2.30. The van der Waals surface area contributed by atoms with Gasteiger partial charge in [-0.2, -0.15) is 5.10 Å². The quantitative estimate of drug-likeness (QED) is 0.641. The summed E-state index contributed by atoms with van der Waals surface area (Å²) in [7, 11) is 0. The summed E-state index contributed by atoms with van der Waals surface area (Å²) in [6, 6.07) is 4.36. The Balaban J connectivity index is 1.31. The van der Waals surface area contributed by atoms with E-state index in [4.69, 9.17) is 10.1 Å². The molecule has 0 aromatic carbocycles. The highest BCUT2D eigenvalue weighted by molar-refractivity contribution is 5.76. The number of aromatic nitrogens is 5. The predicted octanol–water partition coefficient (Wildman–Crippen LogP) is 4.55. The van der Waals surface area contributed by atoms with Gasteiger partial charge in [-0.25, -0.2) is 19.5 Å². The normalized spacial score (nSPS) is 18.1. The van der Waals surface area contributed by atoms with Crippen LogP contribution in [0.15, 0.2) is 30.7 Å². The Morgan fingerprint density at radius 3 is 2.70 bits per heavy atom. The van der Waals surface area contributed by atoms with E-state index < -0.39 is 0 Å².